The van der Waals surface area contributed by atoms with Gasteiger partial charge in [-0.25, -0.2) is 0 Å². The van der Waals surface area contributed by atoms with Gasteiger partial charge >= 0.3 is 0 Å². The van der Waals surface area contributed by atoms with E-state index in [0.717, 1.165) is 0 Å². The predicted molar refractivity (Wildman–Crippen MR) is 60.3 cm³/mol. The zero-order chi connectivity index (χ0) is 10.6. The second kappa shape index (κ2) is 6.50. The topological polar surface area (TPSA) is 86.7 Å². The molecule has 0 bridgehead atoms. The van der Waals surface area contributed by atoms with Crippen LogP contribution in [-0.4, -0.2) is 21.9 Å². The van der Waals surface area contributed by atoms with E-state index in [4.69, 9.17) is 10.8 Å². The van der Waals surface area contributed by atoms with Crippen molar-refractivity contribution in [3.8, 4) is 11.5 Å². The third-order valence-electron chi connectivity index (χ3n) is 2.12. The van der Waals surface area contributed by atoms with Crippen molar-refractivity contribution in [1.82, 2.24) is 0 Å². The van der Waals surface area contributed by atoms with Gasteiger partial charge in [0.2, 0.25) is 0 Å². The highest BCUT2D eigenvalue weighted by Crippen LogP contribution is 2.32. The van der Waals surface area contributed by atoms with Crippen LogP contribution in [-0.2, 0) is 0 Å². The van der Waals surface area contributed by atoms with Crippen LogP contribution in [0.3, 0.4) is 0 Å². The molecule has 1 atom stereocenters. The quantitative estimate of drug-likeness (QED) is 0.591. The van der Waals surface area contributed by atoms with Crippen LogP contribution in [0.15, 0.2) is 18.2 Å². The van der Waals surface area contributed by atoms with Crippen LogP contribution in [0.2, 0.25) is 0 Å². The van der Waals surface area contributed by atoms with Gasteiger partial charge in [-0.2, -0.15) is 0 Å². The van der Waals surface area contributed by atoms with Crippen LogP contribution in [0.1, 0.15) is 24.4 Å². The lowest BCUT2D eigenvalue weighted by Gasteiger charge is -2.13. The molecule has 86 valence electrons. The van der Waals surface area contributed by atoms with Crippen LogP contribution < -0.4 is 5.73 Å². The summed E-state index contributed by atoms with van der Waals surface area (Å²) in [6.07, 6.45) is 1.16. The maximum atomic E-state index is 9.47. The molecule has 0 spiro atoms. The predicted octanol–water partition coefficient (Wildman–Crippen LogP) is 1.29. The van der Waals surface area contributed by atoms with Crippen molar-refractivity contribution in [2.75, 3.05) is 6.61 Å². The number of aromatic hydroxyl groups is 2. The fraction of sp³-hybridized carbons (Fsp3) is 0.400. The molecule has 0 saturated carbocycles. The summed E-state index contributed by atoms with van der Waals surface area (Å²) >= 11 is 0. The third-order valence-corrected chi connectivity index (χ3v) is 2.12. The summed E-state index contributed by atoms with van der Waals surface area (Å²) in [5.41, 5.74) is 6.28. The molecular formula is C10H16ClNO3. The molecule has 1 aromatic carbocycles. The molecule has 0 heterocycles. The Labute approximate surface area is 94.8 Å². The molecule has 0 unspecified atom stereocenters. The monoisotopic (exact) mass is 233 g/mol. The first kappa shape index (κ1) is 14.0. The Kier molecular flexibility index (Phi) is 6.08. The van der Waals surface area contributed by atoms with E-state index >= 15 is 0 Å². The highest BCUT2D eigenvalue weighted by molar-refractivity contribution is 5.85. The minimum Gasteiger partial charge on any atom is -0.504 e. The lowest BCUT2D eigenvalue weighted by molar-refractivity contribution is 0.279. The summed E-state index contributed by atoms with van der Waals surface area (Å²) in [6, 6.07) is 4.34. The standard InChI is InChI=1S/C10H15NO3.ClH/c11-8(4-2-6-12)7-3-1-5-9(13)10(7)14;/h1,3,5,8,12-14H,2,4,6,11H2;1H/t8-;/m1./s1. The molecule has 1 rings (SSSR count). The molecule has 0 aliphatic rings. The van der Waals surface area contributed by atoms with Gasteiger partial charge in [-0.1, -0.05) is 12.1 Å². The molecule has 0 aromatic heterocycles. The first-order valence-electron chi connectivity index (χ1n) is 4.54. The number of hydrogen-bond acceptors (Lipinski definition) is 4. The molecule has 15 heavy (non-hydrogen) atoms. The van der Waals surface area contributed by atoms with Gasteiger partial charge in [0.15, 0.2) is 11.5 Å². The Balaban J connectivity index is 0.00000196. The highest BCUT2D eigenvalue weighted by atomic mass is 35.5. The lowest BCUT2D eigenvalue weighted by Crippen LogP contribution is -2.10. The Morgan fingerprint density at radius 1 is 1.27 bits per heavy atom. The molecule has 5 heteroatoms. The fourth-order valence-corrected chi connectivity index (χ4v) is 1.31. The zero-order valence-electron chi connectivity index (χ0n) is 8.26. The Hall–Kier alpha value is -0.970. The number of phenols is 2. The number of nitrogens with two attached hydrogens (primary N) is 1. The van der Waals surface area contributed by atoms with E-state index in [9.17, 15) is 10.2 Å². The maximum Gasteiger partial charge on any atom is 0.162 e. The van der Waals surface area contributed by atoms with Crippen LogP contribution in [0.4, 0.5) is 0 Å². The van der Waals surface area contributed by atoms with Crippen molar-refractivity contribution >= 4 is 12.4 Å². The molecule has 1 aromatic rings. The number of para-hydroxylation sites is 1. The number of phenolic OH excluding ortho intramolecular Hbond substituents is 2. The Morgan fingerprint density at radius 3 is 2.53 bits per heavy atom. The van der Waals surface area contributed by atoms with E-state index in [-0.39, 0.29) is 36.6 Å². The van der Waals surface area contributed by atoms with Crippen LogP contribution in [0.5, 0.6) is 11.5 Å². The molecule has 0 fully saturated rings. The molecule has 0 aliphatic heterocycles. The smallest absolute Gasteiger partial charge is 0.162 e. The Morgan fingerprint density at radius 2 is 1.93 bits per heavy atom. The second-order valence-corrected chi connectivity index (χ2v) is 3.19. The number of aliphatic hydroxyl groups is 1. The van der Waals surface area contributed by atoms with Crippen LogP contribution >= 0.6 is 12.4 Å². The average Bonchev–Trinajstić information content (AvgIpc) is 2.18. The normalized spacial score (nSPS) is 11.9. The van der Waals surface area contributed by atoms with E-state index < -0.39 is 0 Å². The van der Waals surface area contributed by atoms with Gasteiger partial charge in [0.1, 0.15) is 0 Å². The van der Waals surface area contributed by atoms with Gasteiger partial charge in [0, 0.05) is 18.2 Å². The number of halogens is 1. The number of rotatable bonds is 4. The number of aliphatic hydroxyl groups excluding tert-OH is 1. The van der Waals surface area contributed by atoms with Crippen molar-refractivity contribution in [3.63, 3.8) is 0 Å². The molecule has 0 aliphatic carbocycles. The summed E-state index contributed by atoms with van der Waals surface area (Å²) in [6.45, 7) is 0.0767. The third kappa shape index (κ3) is 3.58. The molecule has 4 nitrogen and oxygen atoms in total. The van der Waals surface area contributed by atoms with E-state index in [0.29, 0.717) is 18.4 Å². The van der Waals surface area contributed by atoms with E-state index in [1.165, 1.54) is 6.07 Å². The van der Waals surface area contributed by atoms with Gasteiger partial charge in [-0.3, -0.25) is 0 Å². The van der Waals surface area contributed by atoms with Gasteiger partial charge in [0.25, 0.3) is 0 Å². The first-order chi connectivity index (χ1) is 6.66. The number of benzene rings is 1. The molecule has 0 saturated heterocycles. The van der Waals surface area contributed by atoms with Gasteiger partial charge in [0.05, 0.1) is 0 Å². The van der Waals surface area contributed by atoms with Crippen molar-refractivity contribution < 1.29 is 15.3 Å². The molecular weight excluding hydrogens is 218 g/mol. The van der Waals surface area contributed by atoms with E-state index in [1.807, 2.05) is 0 Å². The number of hydrogen-bond donors (Lipinski definition) is 4. The fourth-order valence-electron chi connectivity index (χ4n) is 1.31. The van der Waals surface area contributed by atoms with E-state index in [1.54, 1.807) is 12.1 Å². The molecule has 5 N–H and O–H groups in total. The lowest BCUT2D eigenvalue weighted by atomic mass is 10.0. The molecule has 0 amide bonds. The van der Waals surface area contributed by atoms with E-state index in [2.05, 4.69) is 0 Å². The van der Waals surface area contributed by atoms with Crippen molar-refractivity contribution in [1.29, 1.82) is 0 Å². The average molecular weight is 234 g/mol. The maximum absolute atomic E-state index is 9.47. The van der Waals surface area contributed by atoms with Crippen LogP contribution in [0, 0.1) is 0 Å². The minimum atomic E-state index is -0.353. The van der Waals surface area contributed by atoms with Crippen molar-refractivity contribution in [2.45, 2.75) is 18.9 Å². The SMILES string of the molecule is Cl.N[C@H](CCCO)c1cccc(O)c1O. The summed E-state index contributed by atoms with van der Waals surface area (Å²) < 4.78 is 0. The first-order valence-corrected chi connectivity index (χ1v) is 4.54. The summed E-state index contributed by atoms with van der Waals surface area (Å²) in [7, 11) is 0. The summed E-state index contributed by atoms with van der Waals surface area (Å²) in [5, 5.41) is 27.3. The summed E-state index contributed by atoms with van der Waals surface area (Å²) in [4.78, 5) is 0. The van der Waals surface area contributed by atoms with Crippen molar-refractivity contribution in [2.24, 2.45) is 5.73 Å². The zero-order valence-corrected chi connectivity index (χ0v) is 9.07. The van der Waals surface area contributed by atoms with Gasteiger partial charge in [-0.15, -0.1) is 12.4 Å². The van der Waals surface area contributed by atoms with Gasteiger partial charge in [-0.05, 0) is 18.9 Å². The van der Waals surface area contributed by atoms with Gasteiger partial charge < -0.3 is 21.1 Å². The van der Waals surface area contributed by atoms with Crippen molar-refractivity contribution in [3.05, 3.63) is 23.8 Å². The second-order valence-electron chi connectivity index (χ2n) is 3.19. The molecule has 0 radical (unpaired) electrons. The highest BCUT2D eigenvalue weighted by Gasteiger charge is 2.12. The Bertz CT molecular complexity index is 307. The largest absolute Gasteiger partial charge is 0.504 e. The van der Waals surface area contributed by atoms with Crippen LogP contribution in [0.25, 0.3) is 0 Å². The summed E-state index contributed by atoms with van der Waals surface area (Å²) in [5.74, 6) is -0.333. The minimum absolute atomic E-state index is 0.